The van der Waals surface area contributed by atoms with Gasteiger partial charge in [-0.3, -0.25) is 38.4 Å². The average molecular weight is 807 g/mol. The van der Waals surface area contributed by atoms with E-state index in [-0.39, 0.29) is 31.4 Å². The minimum atomic E-state index is -1.44. The predicted octanol–water partition coefficient (Wildman–Crippen LogP) is 2.13. The number of hydrogen-bond donors (Lipinski definition) is 7. The number of aliphatic hydroxyl groups excluding tert-OH is 2. The SMILES string of the molecule is CCCCc1ccc(-c2ccc(C(=O)C[C@H](CO)C(=O)N[C@H](C)C(=O)CCC(=O)N[C@H](C(=O)C[C@@H](C)C(=O)N[C@@H](CC(N)=O)C(=O)CCB(C)O)C(C)O)cc2)cc1. The molecule has 0 saturated heterocycles. The van der Waals surface area contributed by atoms with E-state index in [9.17, 15) is 53.6 Å². The van der Waals surface area contributed by atoms with Gasteiger partial charge in [0.05, 0.1) is 37.1 Å². The Hall–Kier alpha value is -5.06. The quantitative estimate of drug-likeness (QED) is 0.0508. The molecule has 1 unspecified atom stereocenters. The van der Waals surface area contributed by atoms with Gasteiger partial charge < -0.3 is 36.9 Å². The average Bonchev–Trinajstić information content (AvgIpc) is 3.18. The number of carbonyl (C=O) groups excluding carboxylic acids is 8. The molecule has 0 aliphatic heterocycles. The molecule has 0 aliphatic rings. The van der Waals surface area contributed by atoms with Crippen molar-refractivity contribution in [3.8, 4) is 11.1 Å². The Bertz CT molecular complexity index is 1730. The van der Waals surface area contributed by atoms with Gasteiger partial charge in [-0.05, 0) is 49.7 Å². The molecule has 2 aromatic rings. The standard InChI is InChI=1S/C42H59BN4O11/c1-6-7-8-28-9-11-29(12-10-28)30-13-15-31(16-14-30)36(52)22-32(24-48)42(57)45-26(3)34(50)17-18-39(55)47-40(27(4)49)37(53)21-25(2)41(56)46-33(23-38(44)54)35(51)19-20-43(5)58/h9-16,25-27,32-33,40,48-49,58H,6-8,17-24H2,1-5H3,(H2,44,54)(H,45,57)(H,46,56)(H,47,55)/t25-,26-,27?,32-,33+,40+/m1/s1. The summed E-state index contributed by atoms with van der Waals surface area (Å²) in [6.45, 7) is 6.23. The van der Waals surface area contributed by atoms with Crippen LogP contribution in [0.25, 0.3) is 11.1 Å². The van der Waals surface area contributed by atoms with E-state index in [1.165, 1.54) is 33.2 Å². The number of amides is 4. The second kappa shape index (κ2) is 24.7. The van der Waals surface area contributed by atoms with E-state index >= 15 is 0 Å². The number of carbonyl (C=O) groups is 8. The number of nitrogens with two attached hydrogens (primary N) is 1. The zero-order valence-corrected chi connectivity index (χ0v) is 34.1. The molecule has 6 atom stereocenters. The monoisotopic (exact) mass is 806 g/mol. The number of nitrogens with one attached hydrogen (secondary N) is 3. The lowest BCUT2D eigenvalue weighted by atomic mass is 9.66. The van der Waals surface area contributed by atoms with Gasteiger partial charge in [-0.15, -0.1) is 0 Å². The molecular formula is C42H59BN4O11. The Morgan fingerprint density at radius 1 is 0.741 bits per heavy atom. The van der Waals surface area contributed by atoms with Gasteiger partial charge >= 0.3 is 0 Å². The molecule has 2 aromatic carbocycles. The van der Waals surface area contributed by atoms with E-state index in [0.29, 0.717) is 5.56 Å². The van der Waals surface area contributed by atoms with Crippen molar-refractivity contribution in [1.29, 1.82) is 0 Å². The van der Waals surface area contributed by atoms with Gasteiger partial charge in [0.2, 0.25) is 23.6 Å². The van der Waals surface area contributed by atoms with Crippen LogP contribution in [0.1, 0.15) is 95.0 Å². The third-order valence-corrected chi connectivity index (χ3v) is 9.80. The first-order chi connectivity index (χ1) is 27.4. The predicted molar refractivity (Wildman–Crippen MR) is 218 cm³/mol. The van der Waals surface area contributed by atoms with E-state index in [1.54, 1.807) is 12.1 Å². The van der Waals surface area contributed by atoms with E-state index in [2.05, 4.69) is 35.0 Å². The molecule has 0 saturated carbocycles. The first kappa shape index (κ1) is 49.1. The van der Waals surface area contributed by atoms with E-state index < -0.39 is 110 Å². The molecule has 4 amide bonds. The summed E-state index contributed by atoms with van der Waals surface area (Å²) >= 11 is 0. The number of aryl methyl sites for hydroxylation is 1. The molecule has 16 heteroatoms. The minimum Gasteiger partial charge on any atom is -0.451 e. The molecule has 0 aliphatic carbocycles. The van der Waals surface area contributed by atoms with Crippen molar-refractivity contribution < 1.29 is 53.6 Å². The molecule has 0 bridgehead atoms. The summed E-state index contributed by atoms with van der Waals surface area (Å²) in [6, 6.07) is 11.4. The van der Waals surface area contributed by atoms with E-state index in [0.717, 1.165) is 30.4 Å². The number of Topliss-reactive ketones (excluding diaryl/α,β-unsaturated/α-hetero) is 4. The molecule has 58 heavy (non-hydrogen) atoms. The first-order valence-corrected chi connectivity index (χ1v) is 19.8. The highest BCUT2D eigenvalue weighted by Gasteiger charge is 2.31. The van der Waals surface area contributed by atoms with Crippen LogP contribution in [0.4, 0.5) is 0 Å². The number of ketones is 4. The third kappa shape index (κ3) is 16.8. The summed E-state index contributed by atoms with van der Waals surface area (Å²) in [4.78, 5) is 102. The Morgan fingerprint density at radius 2 is 1.34 bits per heavy atom. The van der Waals surface area contributed by atoms with E-state index in [4.69, 9.17) is 5.73 Å². The maximum Gasteiger partial charge on any atom is 0.286 e. The summed E-state index contributed by atoms with van der Waals surface area (Å²) < 4.78 is 0. The normalized spacial score (nSPS) is 14.1. The van der Waals surface area contributed by atoms with Gasteiger partial charge in [0.15, 0.2) is 23.1 Å². The van der Waals surface area contributed by atoms with Crippen LogP contribution < -0.4 is 21.7 Å². The van der Waals surface area contributed by atoms with Gasteiger partial charge in [0, 0.05) is 43.6 Å². The highest BCUT2D eigenvalue weighted by molar-refractivity contribution is 6.48. The van der Waals surface area contributed by atoms with Crippen molar-refractivity contribution in [2.24, 2.45) is 17.6 Å². The van der Waals surface area contributed by atoms with Crippen LogP contribution in [-0.2, 0) is 40.0 Å². The minimum absolute atomic E-state index is 0.103. The van der Waals surface area contributed by atoms with Crippen molar-refractivity contribution in [1.82, 2.24) is 16.0 Å². The summed E-state index contributed by atoms with van der Waals surface area (Å²) in [5, 5.41) is 36.9. The molecule has 2 rings (SSSR count). The molecule has 0 aromatic heterocycles. The van der Waals surface area contributed by atoms with Crippen LogP contribution in [0.3, 0.4) is 0 Å². The van der Waals surface area contributed by atoms with Gasteiger partial charge in [-0.25, -0.2) is 0 Å². The van der Waals surface area contributed by atoms with Gasteiger partial charge in [-0.1, -0.05) is 75.6 Å². The van der Waals surface area contributed by atoms with E-state index in [1.807, 2.05) is 24.3 Å². The van der Waals surface area contributed by atoms with Crippen LogP contribution in [-0.4, -0.2) is 99.8 Å². The Balaban J connectivity index is 1.89. The van der Waals surface area contributed by atoms with Crippen molar-refractivity contribution in [2.75, 3.05) is 6.61 Å². The first-order valence-electron chi connectivity index (χ1n) is 19.8. The smallest absolute Gasteiger partial charge is 0.286 e. The second-order valence-corrected chi connectivity index (χ2v) is 15.0. The molecule has 8 N–H and O–H groups in total. The Labute approximate surface area is 340 Å². The van der Waals surface area contributed by atoms with Gasteiger partial charge in [0.1, 0.15) is 6.04 Å². The number of aliphatic hydroxyl groups is 2. The van der Waals surface area contributed by atoms with Gasteiger partial charge in [-0.2, -0.15) is 0 Å². The number of unbranched alkanes of at least 4 members (excludes halogenated alkanes) is 1. The zero-order chi connectivity index (χ0) is 43.5. The van der Waals surface area contributed by atoms with Crippen LogP contribution in [0.5, 0.6) is 0 Å². The molecule has 15 nitrogen and oxygen atoms in total. The fraction of sp³-hybridized carbons (Fsp3) is 0.524. The summed E-state index contributed by atoms with van der Waals surface area (Å²) in [6.07, 6.45) is -0.155. The number of primary amides is 1. The summed E-state index contributed by atoms with van der Waals surface area (Å²) in [7, 11) is 0. The fourth-order valence-electron chi connectivity index (χ4n) is 6.06. The lowest BCUT2D eigenvalue weighted by Gasteiger charge is -2.23. The maximum atomic E-state index is 13.1. The van der Waals surface area contributed by atoms with Crippen molar-refractivity contribution in [3.05, 3.63) is 59.7 Å². The summed E-state index contributed by atoms with van der Waals surface area (Å²) in [5.41, 5.74) is 8.77. The van der Waals surface area contributed by atoms with Crippen LogP contribution in [0.2, 0.25) is 13.1 Å². The lowest BCUT2D eigenvalue weighted by Crippen LogP contribution is -2.50. The van der Waals surface area contributed by atoms with Crippen LogP contribution >= 0.6 is 0 Å². The Kier molecular flexibility index (Phi) is 20.9. The van der Waals surface area contributed by atoms with Crippen molar-refractivity contribution in [3.63, 3.8) is 0 Å². The molecule has 0 spiro atoms. The molecular weight excluding hydrogens is 747 g/mol. The fourth-order valence-corrected chi connectivity index (χ4v) is 6.06. The van der Waals surface area contributed by atoms with Crippen LogP contribution in [0.15, 0.2) is 48.5 Å². The largest absolute Gasteiger partial charge is 0.451 e. The highest BCUT2D eigenvalue weighted by Crippen LogP contribution is 2.22. The topological polar surface area (TPSA) is 259 Å². The number of rotatable bonds is 27. The lowest BCUT2D eigenvalue weighted by molar-refractivity contribution is -0.135. The van der Waals surface area contributed by atoms with Crippen molar-refractivity contribution in [2.45, 2.75) is 123 Å². The summed E-state index contributed by atoms with van der Waals surface area (Å²) in [5.74, 6) is -7.39. The van der Waals surface area contributed by atoms with Crippen molar-refractivity contribution >= 4 is 53.7 Å². The zero-order valence-electron chi connectivity index (χ0n) is 34.1. The molecule has 0 radical (unpaired) electrons. The second-order valence-electron chi connectivity index (χ2n) is 15.0. The van der Waals surface area contributed by atoms with Crippen LogP contribution in [0, 0.1) is 11.8 Å². The van der Waals surface area contributed by atoms with Gasteiger partial charge in [0.25, 0.3) is 6.92 Å². The molecule has 0 fully saturated rings. The molecule has 0 heterocycles. The maximum absolute atomic E-state index is 13.1. The number of benzene rings is 2. The third-order valence-electron chi connectivity index (χ3n) is 9.80. The Morgan fingerprint density at radius 3 is 1.88 bits per heavy atom. The molecule has 316 valence electrons. The highest BCUT2D eigenvalue weighted by atomic mass is 16.3. The number of hydrogen-bond acceptors (Lipinski definition) is 11.